The number of hydrogen-bond acceptors (Lipinski definition) is 5. The van der Waals surface area contributed by atoms with Crippen LogP contribution < -0.4 is 5.73 Å². The normalized spacial score (nSPS) is 39.1. The van der Waals surface area contributed by atoms with E-state index in [-0.39, 0.29) is 10.7 Å². The zero-order valence-corrected chi connectivity index (χ0v) is 10.7. The number of ether oxygens (including phenoxy) is 1. The molecule has 0 amide bonds. The topological polar surface area (TPSA) is 95.5 Å². The van der Waals surface area contributed by atoms with E-state index in [4.69, 9.17) is 5.73 Å². The Balaban J connectivity index is 2.94. The number of nitro groups is 1. The van der Waals surface area contributed by atoms with Crippen molar-refractivity contribution in [1.29, 1.82) is 0 Å². The number of methoxy groups -OCH3 is 1. The second kappa shape index (κ2) is 5.09. The fourth-order valence-electron chi connectivity index (χ4n) is 2.15. The summed E-state index contributed by atoms with van der Waals surface area (Å²) in [5.74, 6) is -1.17. The van der Waals surface area contributed by atoms with Crippen LogP contribution in [0, 0.1) is 22.0 Å². The van der Waals surface area contributed by atoms with Gasteiger partial charge in [0.05, 0.1) is 19.1 Å². The number of rotatable bonds is 2. The number of carbonyl (C=O) groups excluding carboxylic acids is 1. The molecule has 0 aromatic heterocycles. The minimum atomic E-state index is -0.898. The number of carbonyl (C=O) groups is 1. The summed E-state index contributed by atoms with van der Waals surface area (Å²) in [6, 6.07) is -1.68. The van der Waals surface area contributed by atoms with Gasteiger partial charge in [0.2, 0.25) is 6.04 Å². The summed E-state index contributed by atoms with van der Waals surface area (Å²) in [7, 11) is 1.26. The maximum absolute atomic E-state index is 11.6. The SMILES string of the molecule is COC(=O)C1C(C)C(Br)CC([N+](=O)[O-])C1N. The fraction of sp³-hybridized carbons (Fsp3) is 0.889. The smallest absolute Gasteiger partial charge is 0.310 e. The molecule has 1 saturated carbocycles. The second-order valence-corrected chi connectivity index (χ2v) is 5.27. The molecule has 0 aromatic rings. The van der Waals surface area contributed by atoms with Crippen molar-refractivity contribution in [2.24, 2.45) is 17.6 Å². The molecule has 5 atom stereocenters. The maximum atomic E-state index is 11.6. The maximum Gasteiger partial charge on any atom is 0.310 e. The van der Waals surface area contributed by atoms with Crippen LogP contribution >= 0.6 is 15.9 Å². The van der Waals surface area contributed by atoms with Gasteiger partial charge in [0, 0.05) is 16.2 Å². The number of halogens is 1. The number of esters is 1. The third-order valence-corrected chi connectivity index (χ3v) is 4.41. The lowest BCUT2D eigenvalue weighted by Crippen LogP contribution is -2.57. The first kappa shape index (κ1) is 13.4. The van der Waals surface area contributed by atoms with Crippen molar-refractivity contribution >= 4 is 21.9 Å². The van der Waals surface area contributed by atoms with E-state index in [2.05, 4.69) is 20.7 Å². The Bertz CT molecular complexity index is 299. The molecule has 1 aliphatic carbocycles. The minimum absolute atomic E-state index is 0.0707. The van der Waals surface area contributed by atoms with Gasteiger partial charge in [-0.25, -0.2) is 0 Å². The summed E-state index contributed by atoms with van der Waals surface area (Å²) in [5, 5.41) is 10.8. The van der Waals surface area contributed by atoms with E-state index < -0.39 is 28.9 Å². The van der Waals surface area contributed by atoms with Crippen molar-refractivity contribution in [1.82, 2.24) is 0 Å². The van der Waals surface area contributed by atoms with Gasteiger partial charge < -0.3 is 10.5 Å². The van der Waals surface area contributed by atoms with E-state index in [1.54, 1.807) is 0 Å². The van der Waals surface area contributed by atoms with E-state index >= 15 is 0 Å². The highest BCUT2D eigenvalue weighted by Gasteiger charge is 2.49. The number of nitrogens with zero attached hydrogens (tertiary/aromatic N) is 1. The summed E-state index contributed by atoms with van der Waals surface area (Å²) in [5.41, 5.74) is 5.79. The van der Waals surface area contributed by atoms with Crippen LogP contribution in [-0.4, -0.2) is 34.9 Å². The van der Waals surface area contributed by atoms with E-state index in [9.17, 15) is 14.9 Å². The van der Waals surface area contributed by atoms with Crippen LogP contribution in [0.4, 0.5) is 0 Å². The van der Waals surface area contributed by atoms with Gasteiger partial charge in [-0.1, -0.05) is 22.9 Å². The van der Waals surface area contributed by atoms with Crippen molar-refractivity contribution in [3.05, 3.63) is 10.1 Å². The van der Waals surface area contributed by atoms with Gasteiger partial charge in [0.1, 0.15) is 0 Å². The lowest BCUT2D eigenvalue weighted by atomic mass is 9.74. The van der Waals surface area contributed by atoms with E-state index in [0.717, 1.165) is 0 Å². The first-order valence-corrected chi connectivity index (χ1v) is 5.92. The predicted octanol–water partition coefficient (Wildman–Crippen LogP) is 0.551. The van der Waals surface area contributed by atoms with Crippen LogP contribution in [0.1, 0.15) is 13.3 Å². The van der Waals surface area contributed by atoms with Crippen molar-refractivity contribution in [2.75, 3.05) is 7.11 Å². The third kappa shape index (κ3) is 2.35. The molecule has 6 nitrogen and oxygen atoms in total. The first-order chi connectivity index (χ1) is 7.40. The molecule has 7 heteroatoms. The summed E-state index contributed by atoms with van der Waals surface area (Å²) in [4.78, 5) is 21.9. The second-order valence-electron chi connectivity index (χ2n) is 4.09. The molecule has 0 spiro atoms. The van der Waals surface area contributed by atoms with Crippen LogP contribution in [0.5, 0.6) is 0 Å². The monoisotopic (exact) mass is 294 g/mol. The summed E-state index contributed by atoms with van der Waals surface area (Å²) in [6.45, 7) is 1.84. The van der Waals surface area contributed by atoms with Crippen LogP contribution in [0.15, 0.2) is 0 Å². The average molecular weight is 295 g/mol. The lowest BCUT2D eigenvalue weighted by molar-refractivity contribution is -0.530. The largest absolute Gasteiger partial charge is 0.469 e. The van der Waals surface area contributed by atoms with Gasteiger partial charge in [-0.2, -0.15) is 0 Å². The van der Waals surface area contributed by atoms with Gasteiger partial charge >= 0.3 is 5.97 Å². The van der Waals surface area contributed by atoms with Crippen molar-refractivity contribution < 1.29 is 14.5 Å². The van der Waals surface area contributed by atoms with E-state index in [1.165, 1.54) is 7.11 Å². The quantitative estimate of drug-likeness (QED) is 0.347. The highest BCUT2D eigenvalue weighted by Crippen LogP contribution is 2.35. The molecule has 0 radical (unpaired) electrons. The molecule has 0 saturated heterocycles. The molecule has 0 aliphatic heterocycles. The summed E-state index contributed by atoms with van der Waals surface area (Å²) in [6.07, 6.45) is 0.336. The van der Waals surface area contributed by atoms with Gasteiger partial charge in [0.15, 0.2) is 0 Å². The summed E-state index contributed by atoms with van der Waals surface area (Å²) >= 11 is 3.36. The molecule has 2 N–H and O–H groups in total. The Kier molecular flexibility index (Phi) is 4.26. The van der Waals surface area contributed by atoms with Crippen LogP contribution in [0.25, 0.3) is 0 Å². The third-order valence-electron chi connectivity index (χ3n) is 3.21. The van der Waals surface area contributed by atoms with Crippen molar-refractivity contribution in [3.8, 4) is 0 Å². The molecule has 92 valence electrons. The Hall–Kier alpha value is -0.690. The van der Waals surface area contributed by atoms with Gasteiger partial charge in [-0.3, -0.25) is 14.9 Å². The lowest BCUT2D eigenvalue weighted by Gasteiger charge is -2.36. The first-order valence-electron chi connectivity index (χ1n) is 5.01. The van der Waals surface area contributed by atoms with Gasteiger partial charge in [-0.05, 0) is 5.92 Å². The van der Waals surface area contributed by atoms with Gasteiger partial charge in [0.25, 0.3) is 0 Å². The van der Waals surface area contributed by atoms with Crippen molar-refractivity contribution in [3.63, 3.8) is 0 Å². The van der Waals surface area contributed by atoms with Gasteiger partial charge in [-0.15, -0.1) is 0 Å². The molecular weight excluding hydrogens is 280 g/mol. The molecule has 0 aromatic carbocycles. The molecular formula is C9H15BrN2O4. The molecule has 1 aliphatic rings. The fourth-order valence-corrected chi connectivity index (χ4v) is 2.86. The Labute approximate surface area is 102 Å². The zero-order chi connectivity index (χ0) is 12.5. The highest BCUT2D eigenvalue weighted by molar-refractivity contribution is 9.09. The molecule has 1 fully saturated rings. The van der Waals surface area contributed by atoms with Crippen LogP contribution in [0.3, 0.4) is 0 Å². The molecule has 16 heavy (non-hydrogen) atoms. The average Bonchev–Trinajstić information content (AvgIpc) is 2.22. The number of alkyl halides is 1. The van der Waals surface area contributed by atoms with E-state index in [1.807, 2.05) is 6.92 Å². The Morgan fingerprint density at radius 1 is 1.62 bits per heavy atom. The molecule has 0 heterocycles. The molecule has 0 bridgehead atoms. The highest BCUT2D eigenvalue weighted by atomic mass is 79.9. The standard InChI is InChI=1S/C9H15BrN2O4/c1-4-5(10)3-6(12(14)15)8(11)7(4)9(13)16-2/h4-8H,3,11H2,1-2H3. The number of nitrogens with two attached hydrogens (primary N) is 1. The zero-order valence-electron chi connectivity index (χ0n) is 9.13. The minimum Gasteiger partial charge on any atom is -0.469 e. The van der Waals surface area contributed by atoms with E-state index in [0.29, 0.717) is 6.42 Å². The van der Waals surface area contributed by atoms with Crippen LogP contribution in [-0.2, 0) is 9.53 Å². The van der Waals surface area contributed by atoms with Crippen molar-refractivity contribution in [2.45, 2.75) is 30.3 Å². The summed E-state index contributed by atoms with van der Waals surface area (Å²) < 4.78 is 4.64. The Morgan fingerprint density at radius 2 is 2.19 bits per heavy atom. The van der Waals surface area contributed by atoms with Crippen LogP contribution in [0.2, 0.25) is 0 Å². The Morgan fingerprint density at radius 3 is 2.62 bits per heavy atom. The molecule has 1 rings (SSSR count). The number of hydrogen-bond donors (Lipinski definition) is 1. The molecule has 5 unspecified atom stereocenters. The predicted molar refractivity (Wildman–Crippen MR) is 60.8 cm³/mol.